The highest BCUT2D eigenvalue weighted by Gasteiger charge is 2.21. The fourth-order valence-corrected chi connectivity index (χ4v) is 3.60. The molecule has 0 saturated carbocycles. The van der Waals surface area contributed by atoms with Crippen LogP contribution in [0, 0.1) is 21.4 Å². The van der Waals surface area contributed by atoms with Gasteiger partial charge >= 0.3 is 5.97 Å². The molecule has 0 bridgehead atoms. The molecule has 1 N–H and O–H groups in total. The average Bonchev–Trinajstić information content (AvgIpc) is 2.81. The summed E-state index contributed by atoms with van der Waals surface area (Å²) in [5, 5.41) is 23.2. The molecule has 9 nitrogen and oxygen atoms in total. The lowest BCUT2D eigenvalue weighted by Gasteiger charge is -2.15. The van der Waals surface area contributed by atoms with Crippen LogP contribution in [0.4, 0.5) is 11.4 Å². The standard InChI is InChI=1S/C24H22N4O5/c1-3-7-20-17(4-2)23(18-8-5-6-9-21(18)26-20)24(30)33-14-22(29)27-19-11-10-16(28(31)32)12-15(19)13-25/h5-6,8-12H,3-4,7,14H2,1-2H3,(H,27,29). The summed E-state index contributed by atoms with van der Waals surface area (Å²) < 4.78 is 5.31. The molecule has 2 aromatic carbocycles. The molecule has 0 aliphatic rings. The van der Waals surface area contributed by atoms with Gasteiger partial charge in [-0.3, -0.25) is 19.9 Å². The Bertz CT molecular complexity index is 1280. The van der Waals surface area contributed by atoms with Crippen molar-refractivity contribution in [1.82, 2.24) is 4.98 Å². The van der Waals surface area contributed by atoms with E-state index in [1.165, 1.54) is 12.1 Å². The van der Waals surface area contributed by atoms with E-state index in [9.17, 15) is 25.0 Å². The number of aryl methyl sites for hydroxylation is 1. The van der Waals surface area contributed by atoms with Gasteiger partial charge < -0.3 is 10.1 Å². The summed E-state index contributed by atoms with van der Waals surface area (Å²) in [4.78, 5) is 40.4. The van der Waals surface area contributed by atoms with E-state index >= 15 is 0 Å². The lowest BCUT2D eigenvalue weighted by atomic mass is 9.96. The van der Waals surface area contributed by atoms with Crippen LogP contribution in [0.2, 0.25) is 0 Å². The molecule has 0 aliphatic heterocycles. The van der Waals surface area contributed by atoms with Crippen molar-refractivity contribution in [3.05, 3.63) is 75.0 Å². The average molecular weight is 446 g/mol. The molecule has 0 radical (unpaired) electrons. The molecule has 0 spiro atoms. The highest BCUT2D eigenvalue weighted by molar-refractivity contribution is 6.06. The molecule has 1 amide bonds. The SMILES string of the molecule is CCCc1nc2ccccc2c(C(=O)OCC(=O)Nc2ccc([N+](=O)[O-])cc2C#N)c1CC. The molecular weight excluding hydrogens is 424 g/mol. The van der Waals surface area contributed by atoms with E-state index in [-0.39, 0.29) is 16.9 Å². The van der Waals surface area contributed by atoms with Crippen LogP contribution in [0.15, 0.2) is 42.5 Å². The predicted molar refractivity (Wildman–Crippen MR) is 122 cm³/mol. The zero-order valence-electron chi connectivity index (χ0n) is 18.3. The topological polar surface area (TPSA) is 135 Å². The normalized spacial score (nSPS) is 10.5. The van der Waals surface area contributed by atoms with Crippen LogP contribution in [0.5, 0.6) is 0 Å². The third-order valence-corrected chi connectivity index (χ3v) is 5.07. The van der Waals surface area contributed by atoms with Crippen LogP contribution < -0.4 is 5.32 Å². The number of esters is 1. The van der Waals surface area contributed by atoms with Gasteiger partial charge in [-0.15, -0.1) is 0 Å². The summed E-state index contributed by atoms with van der Waals surface area (Å²) in [5.74, 6) is -1.30. The highest BCUT2D eigenvalue weighted by atomic mass is 16.6. The first-order valence-electron chi connectivity index (χ1n) is 10.5. The van der Waals surface area contributed by atoms with Crippen molar-refractivity contribution >= 4 is 34.2 Å². The minimum absolute atomic E-state index is 0.0681. The van der Waals surface area contributed by atoms with E-state index < -0.39 is 23.4 Å². The van der Waals surface area contributed by atoms with Gasteiger partial charge in [-0.25, -0.2) is 4.79 Å². The molecule has 0 saturated heterocycles. The molecule has 0 atom stereocenters. The Hall–Kier alpha value is -4.32. The fourth-order valence-electron chi connectivity index (χ4n) is 3.60. The molecule has 9 heteroatoms. The number of benzene rings is 2. The summed E-state index contributed by atoms with van der Waals surface area (Å²) in [6.45, 7) is 3.39. The largest absolute Gasteiger partial charge is 0.452 e. The lowest BCUT2D eigenvalue weighted by molar-refractivity contribution is -0.384. The van der Waals surface area contributed by atoms with Crippen LogP contribution in [0.1, 0.15) is 47.4 Å². The van der Waals surface area contributed by atoms with E-state index in [4.69, 9.17) is 9.72 Å². The maximum atomic E-state index is 13.0. The number of carbonyl (C=O) groups excluding carboxylic acids is 2. The van der Waals surface area contributed by atoms with Crippen LogP contribution in [-0.2, 0) is 22.4 Å². The van der Waals surface area contributed by atoms with Gasteiger partial charge in [-0.1, -0.05) is 38.5 Å². The Morgan fingerprint density at radius 1 is 1.21 bits per heavy atom. The van der Waals surface area contributed by atoms with Crippen molar-refractivity contribution in [3.63, 3.8) is 0 Å². The van der Waals surface area contributed by atoms with Crippen LogP contribution in [-0.4, -0.2) is 28.4 Å². The van der Waals surface area contributed by atoms with E-state index in [0.29, 0.717) is 29.3 Å². The molecule has 1 aromatic heterocycles. The molecule has 0 unspecified atom stereocenters. The minimum atomic E-state index is -0.668. The number of hydrogen-bond acceptors (Lipinski definition) is 7. The number of amides is 1. The number of nitro benzene ring substituents is 1. The van der Waals surface area contributed by atoms with Crippen LogP contribution in [0.25, 0.3) is 10.9 Å². The number of carbonyl (C=O) groups is 2. The number of nitrogens with one attached hydrogen (secondary N) is 1. The van der Waals surface area contributed by atoms with Crippen molar-refractivity contribution < 1.29 is 19.2 Å². The summed E-state index contributed by atoms with van der Waals surface area (Å²) >= 11 is 0. The van der Waals surface area contributed by atoms with E-state index in [0.717, 1.165) is 23.7 Å². The zero-order chi connectivity index (χ0) is 24.0. The van der Waals surface area contributed by atoms with Crippen molar-refractivity contribution in [1.29, 1.82) is 5.26 Å². The first-order valence-corrected chi connectivity index (χ1v) is 10.5. The van der Waals surface area contributed by atoms with E-state index in [2.05, 4.69) is 5.32 Å². The molecule has 1 heterocycles. The number of fused-ring (bicyclic) bond motifs is 1. The number of pyridine rings is 1. The summed E-state index contributed by atoms with van der Waals surface area (Å²) in [5.41, 5.74) is 2.46. The number of para-hydroxylation sites is 1. The first-order chi connectivity index (χ1) is 15.9. The number of hydrogen-bond donors (Lipinski definition) is 1. The van der Waals surface area contributed by atoms with Gasteiger partial charge in [0.2, 0.25) is 0 Å². The number of non-ortho nitro benzene ring substituents is 1. The van der Waals surface area contributed by atoms with Gasteiger partial charge in [0.05, 0.1) is 27.3 Å². The Balaban J connectivity index is 1.82. The number of nitriles is 1. The number of anilines is 1. The number of rotatable bonds is 8. The highest BCUT2D eigenvalue weighted by Crippen LogP contribution is 2.26. The molecule has 168 valence electrons. The smallest absolute Gasteiger partial charge is 0.339 e. The van der Waals surface area contributed by atoms with Gasteiger partial charge in [-0.2, -0.15) is 5.26 Å². The molecule has 3 aromatic rings. The van der Waals surface area contributed by atoms with Gasteiger partial charge in [0.25, 0.3) is 11.6 Å². The molecule has 3 rings (SSSR count). The Morgan fingerprint density at radius 3 is 2.64 bits per heavy atom. The predicted octanol–water partition coefficient (Wildman–Crippen LogP) is 4.33. The molecule has 0 fully saturated rings. The minimum Gasteiger partial charge on any atom is -0.452 e. The lowest BCUT2D eigenvalue weighted by Crippen LogP contribution is -2.22. The van der Waals surface area contributed by atoms with Gasteiger partial charge in [0.1, 0.15) is 6.07 Å². The summed E-state index contributed by atoms with van der Waals surface area (Å²) in [6.07, 6.45) is 2.16. The molecule has 33 heavy (non-hydrogen) atoms. The first kappa shape index (κ1) is 23.3. The second-order valence-electron chi connectivity index (χ2n) is 7.26. The number of nitrogens with zero attached hydrogens (tertiary/aromatic N) is 3. The number of nitro groups is 1. The van der Waals surface area contributed by atoms with Gasteiger partial charge in [0.15, 0.2) is 6.61 Å². The van der Waals surface area contributed by atoms with Crippen molar-refractivity contribution in [2.75, 3.05) is 11.9 Å². The Kier molecular flexibility index (Phi) is 7.31. The summed E-state index contributed by atoms with van der Waals surface area (Å²) in [7, 11) is 0. The molecular formula is C24H22N4O5. The molecule has 0 aliphatic carbocycles. The monoisotopic (exact) mass is 446 g/mol. The van der Waals surface area contributed by atoms with Crippen LogP contribution in [0.3, 0.4) is 0 Å². The van der Waals surface area contributed by atoms with Crippen molar-refractivity contribution in [2.45, 2.75) is 33.1 Å². The number of aromatic nitrogens is 1. The van der Waals surface area contributed by atoms with Crippen molar-refractivity contribution in [3.8, 4) is 6.07 Å². The second-order valence-corrected chi connectivity index (χ2v) is 7.26. The Labute approximate surface area is 190 Å². The zero-order valence-corrected chi connectivity index (χ0v) is 18.3. The van der Waals surface area contributed by atoms with Crippen LogP contribution >= 0.6 is 0 Å². The van der Waals surface area contributed by atoms with E-state index in [1.54, 1.807) is 12.1 Å². The third-order valence-electron chi connectivity index (χ3n) is 5.07. The van der Waals surface area contributed by atoms with Gasteiger partial charge in [0, 0.05) is 23.2 Å². The second kappa shape index (κ2) is 10.3. The quantitative estimate of drug-likeness (QED) is 0.309. The Morgan fingerprint density at radius 2 is 1.97 bits per heavy atom. The maximum Gasteiger partial charge on any atom is 0.339 e. The van der Waals surface area contributed by atoms with Gasteiger partial charge in [-0.05, 0) is 30.5 Å². The fraction of sp³-hybridized carbons (Fsp3) is 0.250. The third kappa shape index (κ3) is 5.13. The van der Waals surface area contributed by atoms with Crippen molar-refractivity contribution in [2.24, 2.45) is 0 Å². The van der Waals surface area contributed by atoms with E-state index in [1.807, 2.05) is 32.0 Å². The maximum absolute atomic E-state index is 13.0. The number of ether oxygens (including phenoxy) is 1. The summed E-state index contributed by atoms with van der Waals surface area (Å²) in [6, 6.07) is 12.6.